The van der Waals surface area contributed by atoms with Gasteiger partial charge in [0.1, 0.15) is 4.21 Å². The lowest BCUT2D eigenvalue weighted by Gasteiger charge is -2.06. The molecule has 7 heteroatoms. The molecule has 1 heterocycles. The number of amides is 1. The highest BCUT2D eigenvalue weighted by atomic mass is 32.2. The van der Waals surface area contributed by atoms with Crippen LogP contribution in [0.1, 0.15) is 26.2 Å². The van der Waals surface area contributed by atoms with Crippen molar-refractivity contribution in [1.82, 2.24) is 10.0 Å². The molecule has 0 saturated carbocycles. The molecule has 0 atom stereocenters. The molecule has 0 saturated heterocycles. The van der Waals surface area contributed by atoms with Gasteiger partial charge in [0, 0.05) is 19.5 Å². The topological polar surface area (TPSA) is 75.3 Å². The average molecular weight is 290 g/mol. The third-order valence-electron chi connectivity index (χ3n) is 2.26. The summed E-state index contributed by atoms with van der Waals surface area (Å²) in [7, 11) is -3.41. The molecule has 0 unspecified atom stereocenters. The minimum atomic E-state index is -3.41. The Bertz CT molecular complexity index is 455. The Hall–Kier alpha value is -0.920. The second kappa shape index (κ2) is 7.50. The van der Waals surface area contributed by atoms with Gasteiger partial charge in [-0.2, -0.15) is 0 Å². The lowest BCUT2D eigenvalue weighted by atomic mass is 10.2. The number of hydrogen-bond donors (Lipinski definition) is 2. The number of carbonyl (C=O) groups is 1. The molecule has 1 aromatic rings. The molecule has 1 aromatic heterocycles. The van der Waals surface area contributed by atoms with Crippen LogP contribution in [0.3, 0.4) is 0 Å². The average Bonchev–Trinajstić information content (AvgIpc) is 2.86. The van der Waals surface area contributed by atoms with Crippen LogP contribution in [0.2, 0.25) is 0 Å². The van der Waals surface area contributed by atoms with Gasteiger partial charge in [0.15, 0.2) is 0 Å². The maximum absolute atomic E-state index is 11.7. The molecular weight excluding hydrogens is 272 g/mol. The normalized spacial score (nSPS) is 11.4. The van der Waals surface area contributed by atoms with Crippen molar-refractivity contribution in [2.75, 3.05) is 13.1 Å². The number of carbonyl (C=O) groups excluding carboxylic acids is 1. The van der Waals surface area contributed by atoms with Crippen molar-refractivity contribution in [2.24, 2.45) is 0 Å². The minimum Gasteiger partial charge on any atom is -0.355 e. The van der Waals surface area contributed by atoms with E-state index in [9.17, 15) is 13.2 Å². The van der Waals surface area contributed by atoms with Crippen molar-refractivity contribution in [2.45, 2.75) is 30.4 Å². The quantitative estimate of drug-likeness (QED) is 0.709. The molecular formula is C11H18N2O3S2. The summed E-state index contributed by atoms with van der Waals surface area (Å²) in [6.45, 7) is 2.54. The van der Waals surface area contributed by atoms with E-state index in [1.165, 1.54) is 11.3 Å². The monoisotopic (exact) mass is 290 g/mol. The van der Waals surface area contributed by atoms with Crippen LogP contribution < -0.4 is 10.0 Å². The van der Waals surface area contributed by atoms with E-state index in [1.54, 1.807) is 17.5 Å². The van der Waals surface area contributed by atoms with E-state index in [0.717, 1.165) is 12.8 Å². The molecule has 102 valence electrons. The van der Waals surface area contributed by atoms with Crippen LogP contribution in [0, 0.1) is 0 Å². The SMILES string of the molecule is CCCCC(=O)NCCNS(=O)(=O)c1cccs1. The Morgan fingerprint density at radius 1 is 1.39 bits per heavy atom. The fraction of sp³-hybridized carbons (Fsp3) is 0.545. The molecule has 1 rings (SSSR count). The third-order valence-corrected chi connectivity index (χ3v) is 5.12. The van der Waals surface area contributed by atoms with Gasteiger partial charge in [0.25, 0.3) is 0 Å². The molecule has 18 heavy (non-hydrogen) atoms. The fourth-order valence-electron chi connectivity index (χ4n) is 1.30. The van der Waals surface area contributed by atoms with Crippen LogP contribution in [-0.4, -0.2) is 27.4 Å². The van der Waals surface area contributed by atoms with Crippen LogP contribution in [0.5, 0.6) is 0 Å². The molecule has 0 fully saturated rings. The zero-order valence-electron chi connectivity index (χ0n) is 10.3. The lowest BCUT2D eigenvalue weighted by molar-refractivity contribution is -0.121. The zero-order chi connectivity index (χ0) is 13.4. The van der Waals surface area contributed by atoms with E-state index in [1.807, 2.05) is 6.92 Å². The molecule has 0 aliphatic heterocycles. The van der Waals surface area contributed by atoms with Gasteiger partial charge in [-0.3, -0.25) is 4.79 Å². The maximum Gasteiger partial charge on any atom is 0.250 e. The van der Waals surface area contributed by atoms with Crippen LogP contribution in [0.4, 0.5) is 0 Å². The summed E-state index contributed by atoms with van der Waals surface area (Å²) in [6, 6.07) is 3.23. The Morgan fingerprint density at radius 3 is 2.78 bits per heavy atom. The Balaban J connectivity index is 2.24. The van der Waals surface area contributed by atoms with Crippen LogP contribution in [-0.2, 0) is 14.8 Å². The standard InChI is InChI=1S/C11H18N2O3S2/c1-2-3-5-10(14)12-7-8-13-18(15,16)11-6-4-9-17-11/h4,6,9,13H,2-3,5,7-8H2,1H3,(H,12,14). The number of nitrogens with one attached hydrogen (secondary N) is 2. The first kappa shape index (κ1) is 15.1. The van der Waals surface area contributed by atoms with E-state index in [4.69, 9.17) is 0 Å². The van der Waals surface area contributed by atoms with Crippen molar-refractivity contribution in [3.05, 3.63) is 17.5 Å². The summed E-state index contributed by atoms with van der Waals surface area (Å²) in [5.41, 5.74) is 0. The molecule has 0 bridgehead atoms. The van der Waals surface area contributed by atoms with E-state index in [-0.39, 0.29) is 12.5 Å². The first-order valence-electron chi connectivity index (χ1n) is 5.86. The number of thiophene rings is 1. The first-order valence-corrected chi connectivity index (χ1v) is 8.22. The van der Waals surface area contributed by atoms with E-state index >= 15 is 0 Å². The Morgan fingerprint density at radius 2 is 2.17 bits per heavy atom. The summed E-state index contributed by atoms with van der Waals surface area (Å²) in [5, 5.41) is 4.38. The van der Waals surface area contributed by atoms with Gasteiger partial charge in [-0.1, -0.05) is 19.4 Å². The summed E-state index contributed by atoms with van der Waals surface area (Å²) >= 11 is 1.17. The molecule has 2 N–H and O–H groups in total. The zero-order valence-corrected chi connectivity index (χ0v) is 11.9. The van der Waals surface area contributed by atoms with Crippen molar-refractivity contribution < 1.29 is 13.2 Å². The molecule has 0 aliphatic carbocycles. The van der Waals surface area contributed by atoms with E-state index in [0.29, 0.717) is 17.2 Å². The number of sulfonamides is 1. The van der Waals surface area contributed by atoms with Gasteiger partial charge in [0.2, 0.25) is 15.9 Å². The first-order chi connectivity index (χ1) is 8.56. The van der Waals surface area contributed by atoms with Crippen molar-refractivity contribution >= 4 is 27.3 Å². The number of rotatable bonds is 8. The van der Waals surface area contributed by atoms with Gasteiger partial charge in [-0.05, 0) is 17.9 Å². The van der Waals surface area contributed by atoms with Gasteiger partial charge < -0.3 is 5.32 Å². The van der Waals surface area contributed by atoms with Crippen LogP contribution >= 0.6 is 11.3 Å². The predicted molar refractivity (Wildman–Crippen MR) is 72.0 cm³/mol. The molecule has 5 nitrogen and oxygen atoms in total. The van der Waals surface area contributed by atoms with E-state index in [2.05, 4.69) is 10.0 Å². The molecule has 1 amide bonds. The molecule has 0 aliphatic rings. The molecule has 0 aromatic carbocycles. The van der Waals surface area contributed by atoms with Gasteiger partial charge in [0.05, 0.1) is 0 Å². The Labute approximate surface area is 112 Å². The number of unbranched alkanes of at least 4 members (excludes halogenated alkanes) is 1. The fourth-order valence-corrected chi connectivity index (χ4v) is 3.37. The summed E-state index contributed by atoms with van der Waals surface area (Å²) in [5.74, 6) is -0.0350. The highest BCUT2D eigenvalue weighted by Crippen LogP contribution is 2.14. The summed E-state index contributed by atoms with van der Waals surface area (Å²) < 4.78 is 26.1. The van der Waals surface area contributed by atoms with Crippen LogP contribution in [0.25, 0.3) is 0 Å². The van der Waals surface area contributed by atoms with Crippen molar-refractivity contribution in [3.8, 4) is 0 Å². The van der Waals surface area contributed by atoms with Gasteiger partial charge in [-0.25, -0.2) is 13.1 Å². The van der Waals surface area contributed by atoms with Crippen LogP contribution in [0.15, 0.2) is 21.7 Å². The highest BCUT2D eigenvalue weighted by Gasteiger charge is 2.13. The van der Waals surface area contributed by atoms with Crippen molar-refractivity contribution in [3.63, 3.8) is 0 Å². The number of hydrogen-bond acceptors (Lipinski definition) is 4. The Kier molecular flexibility index (Phi) is 6.31. The second-order valence-corrected chi connectivity index (χ2v) is 6.72. The van der Waals surface area contributed by atoms with Crippen molar-refractivity contribution in [1.29, 1.82) is 0 Å². The second-order valence-electron chi connectivity index (χ2n) is 3.78. The lowest BCUT2D eigenvalue weighted by Crippen LogP contribution is -2.34. The smallest absolute Gasteiger partial charge is 0.250 e. The van der Waals surface area contributed by atoms with Gasteiger partial charge >= 0.3 is 0 Å². The molecule has 0 spiro atoms. The van der Waals surface area contributed by atoms with Gasteiger partial charge in [-0.15, -0.1) is 11.3 Å². The van der Waals surface area contributed by atoms with E-state index < -0.39 is 10.0 Å². The maximum atomic E-state index is 11.7. The largest absolute Gasteiger partial charge is 0.355 e. The summed E-state index contributed by atoms with van der Waals surface area (Å²) in [4.78, 5) is 11.3. The highest BCUT2D eigenvalue weighted by molar-refractivity contribution is 7.91. The minimum absolute atomic E-state index is 0.0350. The summed E-state index contributed by atoms with van der Waals surface area (Å²) in [6.07, 6.45) is 2.32. The molecule has 0 radical (unpaired) electrons. The third kappa shape index (κ3) is 5.16. The predicted octanol–water partition coefficient (Wildman–Crippen LogP) is 1.33.